The summed E-state index contributed by atoms with van der Waals surface area (Å²) in [7, 11) is 1.51. The molecule has 2 unspecified atom stereocenters. The number of methoxy groups -OCH3 is 1. The van der Waals surface area contributed by atoms with Gasteiger partial charge < -0.3 is 10.1 Å². The van der Waals surface area contributed by atoms with E-state index in [1.165, 1.54) is 26.4 Å². The third kappa shape index (κ3) is 1.87. The minimum atomic E-state index is -0.409. The summed E-state index contributed by atoms with van der Waals surface area (Å²) in [4.78, 5) is 14.7. The summed E-state index contributed by atoms with van der Waals surface area (Å²) < 4.78 is 5.07. The first kappa shape index (κ1) is 11.5. The Morgan fingerprint density at radius 3 is 2.94 bits per heavy atom. The van der Waals surface area contributed by atoms with Crippen molar-refractivity contribution in [3.63, 3.8) is 0 Å². The molecule has 0 amide bonds. The van der Waals surface area contributed by atoms with Gasteiger partial charge in [-0.15, -0.1) is 0 Å². The molecule has 4 heteroatoms. The van der Waals surface area contributed by atoms with Gasteiger partial charge in [-0.05, 0) is 51.1 Å². The molecule has 0 bridgehead atoms. The van der Waals surface area contributed by atoms with Crippen LogP contribution in [0.1, 0.15) is 32.1 Å². The molecule has 3 rings (SSSR count). The molecule has 0 radical (unpaired) electrons. The van der Waals surface area contributed by atoms with Crippen LogP contribution in [0.5, 0.6) is 0 Å². The summed E-state index contributed by atoms with van der Waals surface area (Å²) >= 11 is 0. The molecule has 1 saturated carbocycles. The smallest absolute Gasteiger partial charge is 0.327 e. The Balaban J connectivity index is 1.76. The molecule has 2 aliphatic heterocycles. The Morgan fingerprint density at radius 1 is 1.41 bits per heavy atom. The largest absolute Gasteiger partial charge is 0.468 e. The molecule has 1 N–H and O–H groups in total. The van der Waals surface area contributed by atoms with E-state index in [1.54, 1.807) is 0 Å². The van der Waals surface area contributed by atoms with E-state index in [-0.39, 0.29) is 5.97 Å². The number of hydrogen-bond donors (Lipinski definition) is 1. The third-order valence-corrected chi connectivity index (χ3v) is 4.68. The van der Waals surface area contributed by atoms with Gasteiger partial charge in [0.25, 0.3) is 0 Å². The van der Waals surface area contributed by atoms with Crippen molar-refractivity contribution in [2.24, 2.45) is 5.92 Å². The molecule has 4 nitrogen and oxygen atoms in total. The fourth-order valence-corrected chi connectivity index (χ4v) is 3.49. The Kier molecular flexibility index (Phi) is 2.87. The number of carbonyl (C=O) groups excluding carboxylic acids is 1. The Bertz CT molecular complexity index is 317. The van der Waals surface area contributed by atoms with E-state index in [4.69, 9.17) is 4.74 Å². The molecular weight excluding hydrogens is 216 g/mol. The molecule has 1 aliphatic carbocycles. The van der Waals surface area contributed by atoms with Crippen molar-refractivity contribution < 1.29 is 9.53 Å². The van der Waals surface area contributed by atoms with Crippen LogP contribution in [0.4, 0.5) is 0 Å². The van der Waals surface area contributed by atoms with Crippen LogP contribution >= 0.6 is 0 Å². The summed E-state index contributed by atoms with van der Waals surface area (Å²) in [5, 5.41) is 3.56. The van der Waals surface area contributed by atoms with E-state index in [2.05, 4.69) is 10.2 Å². The van der Waals surface area contributed by atoms with Gasteiger partial charge in [-0.3, -0.25) is 4.90 Å². The van der Waals surface area contributed by atoms with E-state index in [1.807, 2.05) is 0 Å². The monoisotopic (exact) mass is 238 g/mol. The zero-order chi connectivity index (χ0) is 11.9. The van der Waals surface area contributed by atoms with Gasteiger partial charge in [0.05, 0.1) is 7.11 Å². The third-order valence-electron chi connectivity index (χ3n) is 4.68. The molecule has 0 aromatic heterocycles. The number of ether oxygens (including phenoxy) is 1. The Hall–Kier alpha value is -0.610. The number of nitrogens with one attached hydrogen (secondary N) is 1. The molecule has 0 aromatic carbocycles. The van der Waals surface area contributed by atoms with E-state index in [9.17, 15) is 4.79 Å². The van der Waals surface area contributed by atoms with Crippen molar-refractivity contribution in [3.8, 4) is 0 Å². The highest BCUT2D eigenvalue weighted by Crippen LogP contribution is 2.38. The standard InChI is InChI=1S/C13H22N2O2/c1-17-12(16)13(14-9-10-4-5-10)6-8-15-7-2-3-11(13)15/h10-11,14H,2-9H2,1H3. The first-order valence-electron chi connectivity index (χ1n) is 6.84. The lowest BCUT2D eigenvalue weighted by molar-refractivity contribution is -0.149. The molecule has 2 saturated heterocycles. The van der Waals surface area contributed by atoms with Crippen molar-refractivity contribution in [3.05, 3.63) is 0 Å². The van der Waals surface area contributed by atoms with E-state index < -0.39 is 5.54 Å². The van der Waals surface area contributed by atoms with Gasteiger partial charge in [0.2, 0.25) is 0 Å². The van der Waals surface area contributed by atoms with Crippen LogP contribution in [0.25, 0.3) is 0 Å². The van der Waals surface area contributed by atoms with Crippen LogP contribution in [-0.2, 0) is 9.53 Å². The van der Waals surface area contributed by atoms with Gasteiger partial charge in [0.15, 0.2) is 0 Å². The normalized spacial score (nSPS) is 37.1. The molecule has 96 valence electrons. The van der Waals surface area contributed by atoms with Gasteiger partial charge >= 0.3 is 5.97 Å². The molecule has 0 aromatic rings. The summed E-state index contributed by atoms with van der Waals surface area (Å²) in [5.74, 6) is 0.750. The molecular formula is C13H22N2O2. The van der Waals surface area contributed by atoms with Crippen LogP contribution in [0, 0.1) is 5.92 Å². The maximum Gasteiger partial charge on any atom is 0.327 e. The maximum atomic E-state index is 12.2. The van der Waals surface area contributed by atoms with Gasteiger partial charge in [-0.25, -0.2) is 4.79 Å². The highest BCUT2D eigenvalue weighted by molar-refractivity contribution is 5.82. The lowest BCUT2D eigenvalue weighted by atomic mass is 9.88. The van der Waals surface area contributed by atoms with Gasteiger partial charge in [0.1, 0.15) is 5.54 Å². The molecule has 2 heterocycles. The fraction of sp³-hybridized carbons (Fsp3) is 0.923. The maximum absolute atomic E-state index is 12.2. The molecule has 0 spiro atoms. The zero-order valence-corrected chi connectivity index (χ0v) is 10.6. The zero-order valence-electron chi connectivity index (χ0n) is 10.6. The number of esters is 1. The molecule has 2 atom stereocenters. The lowest BCUT2D eigenvalue weighted by Gasteiger charge is -2.33. The van der Waals surface area contributed by atoms with Crippen molar-refractivity contribution in [1.82, 2.24) is 10.2 Å². The van der Waals surface area contributed by atoms with Crippen LogP contribution < -0.4 is 5.32 Å². The first-order chi connectivity index (χ1) is 8.26. The Labute approximate surface area is 103 Å². The summed E-state index contributed by atoms with van der Waals surface area (Å²) in [5.41, 5.74) is -0.409. The van der Waals surface area contributed by atoms with Gasteiger partial charge in [-0.1, -0.05) is 0 Å². The quantitative estimate of drug-likeness (QED) is 0.734. The minimum Gasteiger partial charge on any atom is -0.468 e. The lowest BCUT2D eigenvalue weighted by Crippen LogP contribution is -2.59. The highest BCUT2D eigenvalue weighted by atomic mass is 16.5. The highest BCUT2D eigenvalue weighted by Gasteiger charge is 2.55. The van der Waals surface area contributed by atoms with E-state index >= 15 is 0 Å². The summed E-state index contributed by atoms with van der Waals surface area (Å²) in [6.45, 7) is 3.17. The summed E-state index contributed by atoms with van der Waals surface area (Å²) in [6, 6.07) is 0.369. The van der Waals surface area contributed by atoms with Crippen LogP contribution in [-0.4, -0.2) is 49.2 Å². The number of carbonyl (C=O) groups is 1. The topological polar surface area (TPSA) is 41.6 Å². The van der Waals surface area contributed by atoms with Crippen molar-refractivity contribution in [2.45, 2.75) is 43.7 Å². The second-order valence-corrected chi connectivity index (χ2v) is 5.73. The molecule has 3 aliphatic rings. The predicted molar refractivity (Wildman–Crippen MR) is 64.7 cm³/mol. The second kappa shape index (κ2) is 4.25. The average Bonchev–Trinajstić information content (AvgIpc) is 2.93. The fourth-order valence-electron chi connectivity index (χ4n) is 3.49. The average molecular weight is 238 g/mol. The van der Waals surface area contributed by atoms with E-state index in [0.29, 0.717) is 6.04 Å². The minimum absolute atomic E-state index is 0.0486. The molecule has 17 heavy (non-hydrogen) atoms. The van der Waals surface area contributed by atoms with Gasteiger partial charge in [-0.2, -0.15) is 0 Å². The predicted octanol–water partition coefficient (Wildman–Crippen LogP) is 0.766. The van der Waals surface area contributed by atoms with E-state index in [0.717, 1.165) is 38.4 Å². The summed E-state index contributed by atoms with van der Waals surface area (Å²) in [6.07, 6.45) is 5.90. The number of nitrogens with zero attached hydrogens (tertiary/aromatic N) is 1. The van der Waals surface area contributed by atoms with Crippen LogP contribution in [0.15, 0.2) is 0 Å². The van der Waals surface area contributed by atoms with Crippen molar-refractivity contribution in [1.29, 1.82) is 0 Å². The van der Waals surface area contributed by atoms with Crippen molar-refractivity contribution >= 4 is 5.97 Å². The second-order valence-electron chi connectivity index (χ2n) is 5.73. The van der Waals surface area contributed by atoms with Crippen LogP contribution in [0.2, 0.25) is 0 Å². The number of rotatable bonds is 4. The van der Waals surface area contributed by atoms with Gasteiger partial charge in [0, 0.05) is 12.6 Å². The number of hydrogen-bond acceptors (Lipinski definition) is 4. The van der Waals surface area contributed by atoms with Crippen LogP contribution in [0.3, 0.4) is 0 Å². The number of fused-ring (bicyclic) bond motifs is 1. The molecule has 3 fully saturated rings. The van der Waals surface area contributed by atoms with Crippen molar-refractivity contribution in [2.75, 3.05) is 26.7 Å². The first-order valence-corrected chi connectivity index (χ1v) is 6.84. The SMILES string of the molecule is COC(=O)C1(NCC2CC2)CCN2CCCC21. The Morgan fingerprint density at radius 2 is 2.24 bits per heavy atom.